The van der Waals surface area contributed by atoms with Crippen LogP contribution in [-0.2, 0) is 4.79 Å². The van der Waals surface area contributed by atoms with E-state index in [1.807, 2.05) is 6.08 Å². The van der Waals surface area contributed by atoms with Gasteiger partial charge < -0.3 is 10.2 Å². The van der Waals surface area contributed by atoms with E-state index < -0.39 is 0 Å². The van der Waals surface area contributed by atoms with E-state index in [1.165, 1.54) is 35.8 Å². The largest absolute Gasteiger partial charge is 0.504 e. The number of carbonyl (C=O) groups is 1. The number of phenols is 2. The van der Waals surface area contributed by atoms with Crippen molar-refractivity contribution in [1.82, 2.24) is 0 Å². The fourth-order valence-electron chi connectivity index (χ4n) is 3.05. The van der Waals surface area contributed by atoms with Gasteiger partial charge in [-0.2, -0.15) is 0 Å². The summed E-state index contributed by atoms with van der Waals surface area (Å²) in [5.74, 6) is -0.463. The van der Waals surface area contributed by atoms with Crippen LogP contribution in [0, 0.1) is 5.41 Å². The van der Waals surface area contributed by atoms with Crippen LogP contribution in [0.3, 0.4) is 0 Å². The first kappa shape index (κ1) is 17.1. The van der Waals surface area contributed by atoms with Crippen LogP contribution in [0.2, 0.25) is 0 Å². The third-order valence-electron chi connectivity index (χ3n) is 4.40. The van der Waals surface area contributed by atoms with E-state index in [4.69, 9.17) is 0 Å². The van der Waals surface area contributed by atoms with Crippen molar-refractivity contribution in [2.24, 2.45) is 5.41 Å². The van der Waals surface area contributed by atoms with E-state index in [0.717, 1.165) is 12.8 Å². The smallest absolute Gasteiger partial charge is 0.178 e. The number of phenolic OH excluding ortho intramolecular Hbond substituents is 2. The average Bonchev–Trinajstić information content (AvgIpc) is 2.47. The van der Waals surface area contributed by atoms with Gasteiger partial charge in [0, 0.05) is 0 Å². The molecule has 3 heteroatoms. The number of benzene rings is 1. The van der Waals surface area contributed by atoms with Crippen LogP contribution >= 0.6 is 0 Å². The molecule has 1 aliphatic rings. The zero-order chi connectivity index (χ0) is 17.0. The summed E-state index contributed by atoms with van der Waals surface area (Å²) in [5.41, 5.74) is 3.40. The zero-order valence-electron chi connectivity index (χ0n) is 14.0. The first-order chi connectivity index (χ1) is 10.8. The molecule has 1 aromatic rings. The van der Waals surface area contributed by atoms with Crippen molar-refractivity contribution < 1.29 is 15.0 Å². The molecular weight excluding hydrogens is 288 g/mol. The van der Waals surface area contributed by atoms with Crippen LogP contribution in [0.25, 0.3) is 6.08 Å². The zero-order valence-corrected chi connectivity index (χ0v) is 14.0. The van der Waals surface area contributed by atoms with Gasteiger partial charge in [-0.15, -0.1) is 0 Å². The van der Waals surface area contributed by atoms with Gasteiger partial charge >= 0.3 is 0 Å². The Morgan fingerprint density at radius 3 is 2.48 bits per heavy atom. The molecule has 3 nitrogen and oxygen atoms in total. The minimum Gasteiger partial charge on any atom is -0.504 e. The summed E-state index contributed by atoms with van der Waals surface area (Å²) in [6, 6.07) is 4.45. The highest BCUT2D eigenvalue weighted by Gasteiger charge is 2.26. The predicted molar refractivity (Wildman–Crippen MR) is 93.3 cm³/mol. The molecular formula is C20H24O3. The SMILES string of the molecule is CC1=C(/C=C/C(=O)/C=C/c2ccc(O)c(O)c2)C(C)(C)CCC1. The van der Waals surface area contributed by atoms with E-state index in [2.05, 4.69) is 20.8 Å². The van der Waals surface area contributed by atoms with Crippen molar-refractivity contribution >= 4 is 11.9 Å². The van der Waals surface area contributed by atoms with Gasteiger partial charge in [0.2, 0.25) is 0 Å². The molecule has 0 heterocycles. The van der Waals surface area contributed by atoms with Crippen molar-refractivity contribution in [1.29, 1.82) is 0 Å². The number of carbonyl (C=O) groups excluding carboxylic acids is 1. The van der Waals surface area contributed by atoms with Crippen LogP contribution in [0.15, 0.2) is 47.6 Å². The molecule has 23 heavy (non-hydrogen) atoms. The van der Waals surface area contributed by atoms with E-state index in [-0.39, 0.29) is 22.7 Å². The standard InChI is InChI=1S/C20H24O3/c1-14-5-4-12-20(2,3)17(14)10-9-16(21)8-6-15-7-11-18(22)19(23)13-15/h6-11,13,22-23H,4-5,12H2,1-3H3/b8-6+,10-9+. The lowest BCUT2D eigenvalue weighted by Gasteiger charge is -2.32. The highest BCUT2D eigenvalue weighted by molar-refractivity contribution is 6.02. The Hall–Kier alpha value is -2.29. The number of hydrogen-bond acceptors (Lipinski definition) is 3. The van der Waals surface area contributed by atoms with Crippen LogP contribution in [0.5, 0.6) is 11.5 Å². The maximum absolute atomic E-state index is 12.0. The fourth-order valence-corrected chi connectivity index (χ4v) is 3.05. The molecule has 122 valence electrons. The third-order valence-corrected chi connectivity index (χ3v) is 4.40. The molecule has 0 atom stereocenters. The number of ketones is 1. The Balaban J connectivity index is 2.09. The number of hydrogen-bond donors (Lipinski definition) is 2. The van der Waals surface area contributed by atoms with Crippen molar-refractivity contribution in [3.63, 3.8) is 0 Å². The second-order valence-electron chi connectivity index (χ2n) is 6.75. The van der Waals surface area contributed by atoms with Gasteiger partial charge in [0.05, 0.1) is 0 Å². The van der Waals surface area contributed by atoms with E-state index in [0.29, 0.717) is 5.56 Å². The van der Waals surface area contributed by atoms with Gasteiger partial charge in [-0.3, -0.25) is 4.79 Å². The summed E-state index contributed by atoms with van der Waals surface area (Å²) in [7, 11) is 0. The molecule has 0 bridgehead atoms. The Bertz CT molecular complexity index is 691. The van der Waals surface area contributed by atoms with Crippen molar-refractivity contribution in [2.75, 3.05) is 0 Å². The minimum atomic E-state index is -0.195. The van der Waals surface area contributed by atoms with E-state index >= 15 is 0 Å². The number of rotatable bonds is 4. The first-order valence-corrected chi connectivity index (χ1v) is 7.92. The summed E-state index contributed by atoms with van der Waals surface area (Å²) in [6.45, 7) is 6.57. The first-order valence-electron chi connectivity index (χ1n) is 7.92. The van der Waals surface area contributed by atoms with E-state index in [9.17, 15) is 15.0 Å². The number of allylic oxidation sites excluding steroid dienone is 5. The van der Waals surface area contributed by atoms with Crippen LogP contribution in [0.1, 0.15) is 45.6 Å². The van der Waals surface area contributed by atoms with Gasteiger partial charge in [0.1, 0.15) is 0 Å². The number of aromatic hydroxyl groups is 2. The molecule has 0 aromatic heterocycles. The lowest BCUT2D eigenvalue weighted by molar-refractivity contribution is -0.110. The Kier molecular flexibility index (Phi) is 5.09. The van der Waals surface area contributed by atoms with Crippen molar-refractivity contribution in [2.45, 2.75) is 40.0 Å². The maximum Gasteiger partial charge on any atom is 0.178 e. The normalized spacial score (nSPS) is 18.0. The quantitative estimate of drug-likeness (QED) is 0.622. The van der Waals surface area contributed by atoms with Gasteiger partial charge in [-0.1, -0.05) is 37.6 Å². The molecule has 0 aliphatic heterocycles. The molecule has 0 spiro atoms. The second kappa shape index (κ2) is 6.86. The average molecular weight is 312 g/mol. The Morgan fingerprint density at radius 2 is 1.83 bits per heavy atom. The molecule has 0 amide bonds. The molecule has 1 aromatic carbocycles. The van der Waals surface area contributed by atoms with E-state index in [1.54, 1.807) is 18.2 Å². The summed E-state index contributed by atoms with van der Waals surface area (Å²) in [4.78, 5) is 12.0. The lowest BCUT2D eigenvalue weighted by atomic mass is 9.72. The monoisotopic (exact) mass is 312 g/mol. The molecule has 0 saturated heterocycles. The third kappa shape index (κ3) is 4.35. The molecule has 2 rings (SSSR count). The Morgan fingerprint density at radius 1 is 1.13 bits per heavy atom. The molecule has 0 fully saturated rings. The Labute approximate surface area is 137 Å². The summed E-state index contributed by atoms with van der Waals surface area (Å²) < 4.78 is 0. The summed E-state index contributed by atoms with van der Waals surface area (Å²) in [6.07, 6.45) is 10.1. The van der Waals surface area contributed by atoms with Crippen LogP contribution in [-0.4, -0.2) is 16.0 Å². The molecule has 2 N–H and O–H groups in total. The topological polar surface area (TPSA) is 57.5 Å². The second-order valence-corrected chi connectivity index (χ2v) is 6.75. The van der Waals surface area contributed by atoms with Gasteiger partial charge in [-0.25, -0.2) is 0 Å². The van der Waals surface area contributed by atoms with Crippen LogP contribution in [0.4, 0.5) is 0 Å². The summed E-state index contributed by atoms with van der Waals surface area (Å²) >= 11 is 0. The summed E-state index contributed by atoms with van der Waals surface area (Å²) in [5, 5.41) is 18.7. The minimum absolute atomic E-state index is 0.0979. The molecule has 0 radical (unpaired) electrons. The van der Waals surface area contributed by atoms with Gasteiger partial charge in [0.15, 0.2) is 17.3 Å². The molecule has 1 aliphatic carbocycles. The van der Waals surface area contributed by atoms with Crippen LogP contribution < -0.4 is 0 Å². The van der Waals surface area contributed by atoms with Crippen molar-refractivity contribution in [3.8, 4) is 11.5 Å². The predicted octanol–water partition coefficient (Wildman–Crippen LogP) is 4.76. The fraction of sp³-hybridized carbons (Fsp3) is 0.350. The van der Waals surface area contributed by atoms with Crippen molar-refractivity contribution in [3.05, 3.63) is 53.1 Å². The highest BCUT2D eigenvalue weighted by Crippen LogP contribution is 2.40. The molecule has 0 saturated carbocycles. The lowest BCUT2D eigenvalue weighted by Crippen LogP contribution is -2.19. The maximum atomic E-state index is 12.0. The van der Waals surface area contributed by atoms with Gasteiger partial charge in [0.25, 0.3) is 0 Å². The van der Waals surface area contributed by atoms with Gasteiger partial charge in [-0.05, 0) is 67.0 Å². The molecule has 0 unspecified atom stereocenters. The highest BCUT2D eigenvalue weighted by atomic mass is 16.3.